The highest BCUT2D eigenvalue weighted by Crippen LogP contribution is 2.04. The third-order valence-corrected chi connectivity index (χ3v) is 1.77. The van der Waals surface area contributed by atoms with Gasteiger partial charge in [-0.1, -0.05) is 0 Å². The monoisotopic (exact) mass is 141 g/mol. The summed E-state index contributed by atoms with van der Waals surface area (Å²) in [4.78, 5) is 4.36. The van der Waals surface area contributed by atoms with Gasteiger partial charge in [0.2, 0.25) is 0 Å². The number of nitrogens with two attached hydrogens (primary N) is 1. The molecule has 0 aromatic heterocycles. The normalized spacial score (nSPS) is 21.0. The fourth-order valence-corrected chi connectivity index (χ4v) is 1.09. The largest absolute Gasteiger partial charge is 0.386 e. The van der Waals surface area contributed by atoms with Crippen molar-refractivity contribution >= 4 is 0 Å². The molecule has 10 heavy (non-hydrogen) atoms. The van der Waals surface area contributed by atoms with E-state index in [4.69, 9.17) is 5.73 Å². The number of nitrogens with zero attached hydrogens (tertiary/aromatic N) is 2. The van der Waals surface area contributed by atoms with Gasteiger partial charge < -0.3 is 10.6 Å². The van der Waals surface area contributed by atoms with Crippen molar-refractivity contribution in [1.82, 2.24) is 9.80 Å². The average molecular weight is 141 g/mol. The van der Waals surface area contributed by atoms with E-state index in [9.17, 15) is 0 Å². The van der Waals surface area contributed by atoms with Crippen LogP contribution in [0.15, 0.2) is 11.9 Å². The smallest absolute Gasteiger partial charge is 0.0968 e. The van der Waals surface area contributed by atoms with Crippen molar-refractivity contribution < 1.29 is 0 Å². The van der Waals surface area contributed by atoms with Crippen LogP contribution in [0.3, 0.4) is 0 Å². The molecule has 0 aliphatic carbocycles. The molecule has 2 N–H and O–H groups in total. The second-order valence-corrected chi connectivity index (χ2v) is 2.67. The summed E-state index contributed by atoms with van der Waals surface area (Å²) >= 11 is 0. The molecule has 0 aromatic rings. The fraction of sp³-hybridized carbons (Fsp3) is 0.714. The molecule has 0 bridgehead atoms. The van der Waals surface area contributed by atoms with Gasteiger partial charge in [0.1, 0.15) is 0 Å². The summed E-state index contributed by atoms with van der Waals surface area (Å²) in [6, 6.07) is 0. The Labute approximate surface area is 62.1 Å². The molecule has 0 aromatic carbocycles. The summed E-state index contributed by atoms with van der Waals surface area (Å²) in [6.45, 7) is 5.04. The van der Waals surface area contributed by atoms with Gasteiger partial charge in [-0.15, -0.1) is 0 Å². The van der Waals surface area contributed by atoms with Crippen LogP contribution in [0.5, 0.6) is 0 Å². The van der Waals surface area contributed by atoms with E-state index in [1.54, 1.807) is 0 Å². The third kappa shape index (κ3) is 1.42. The predicted octanol–water partition coefficient (Wildman–Crippen LogP) is 0.0113. The lowest BCUT2D eigenvalue weighted by atomic mass is 10.4. The van der Waals surface area contributed by atoms with Gasteiger partial charge in [-0.2, -0.15) is 0 Å². The Bertz CT molecular complexity index is 142. The molecular formula is C7H15N3. The van der Waals surface area contributed by atoms with Crippen LogP contribution in [-0.2, 0) is 0 Å². The number of rotatable bonds is 1. The van der Waals surface area contributed by atoms with Crippen LogP contribution in [0.2, 0.25) is 0 Å². The van der Waals surface area contributed by atoms with Gasteiger partial charge in [0.25, 0.3) is 0 Å². The van der Waals surface area contributed by atoms with Crippen molar-refractivity contribution in [3.05, 3.63) is 11.9 Å². The molecule has 3 heteroatoms. The second kappa shape index (κ2) is 2.92. The molecule has 1 aliphatic rings. The van der Waals surface area contributed by atoms with Crippen molar-refractivity contribution in [2.75, 3.05) is 26.8 Å². The summed E-state index contributed by atoms with van der Waals surface area (Å²) in [7, 11) is 2.09. The first-order chi connectivity index (χ1) is 4.74. The molecule has 0 spiro atoms. The van der Waals surface area contributed by atoms with Gasteiger partial charge in [-0.25, -0.2) is 0 Å². The van der Waals surface area contributed by atoms with Crippen LogP contribution in [0.1, 0.15) is 6.92 Å². The Kier molecular flexibility index (Phi) is 2.17. The van der Waals surface area contributed by atoms with Crippen molar-refractivity contribution in [3.63, 3.8) is 0 Å². The molecule has 1 heterocycles. The summed E-state index contributed by atoms with van der Waals surface area (Å²) in [5.74, 6) is 0.917. The zero-order chi connectivity index (χ0) is 7.56. The minimum Gasteiger partial charge on any atom is -0.386 e. The Hall–Kier alpha value is -0.700. The van der Waals surface area contributed by atoms with E-state index in [2.05, 4.69) is 23.8 Å². The van der Waals surface area contributed by atoms with Crippen LogP contribution >= 0.6 is 0 Å². The van der Waals surface area contributed by atoms with Crippen molar-refractivity contribution in [2.24, 2.45) is 5.73 Å². The van der Waals surface area contributed by atoms with Crippen LogP contribution < -0.4 is 5.73 Å². The van der Waals surface area contributed by atoms with Crippen molar-refractivity contribution in [2.45, 2.75) is 6.92 Å². The number of hydrogen-bond donors (Lipinski definition) is 1. The fourth-order valence-electron chi connectivity index (χ4n) is 1.09. The molecule has 1 aliphatic heterocycles. The third-order valence-electron chi connectivity index (χ3n) is 1.77. The lowest BCUT2D eigenvalue weighted by molar-refractivity contribution is 0.188. The van der Waals surface area contributed by atoms with Crippen molar-refractivity contribution in [3.8, 4) is 0 Å². The average Bonchev–Trinajstić information content (AvgIpc) is 1.94. The maximum Gasteiger partial charge on any atom is 0.0968 e. The lowest BCUT2D eigenvalue weighted by Crippen LogP contribution is -2.41. The maximum atomic E-state index is 5.71. The Morgan fingerprint density at radius 2 is 2.40 bits per heavy atom. The van der Waals surface area contributed by atoms with E-state index in [1.807, 2.05) is 6.08 Å². The van der Waals surface area contributed by atoms with Gasteiger partial charge in [0, 0.05) is 13.1 Å². The quantitative estimate of drug-likeness (QED) is 0.558. The Balaban J connectivity index is 2.56. The first-order valence-corrected chi connectivity index (χ1v) is 3.63. The van der Waals surface area contributed by atoms with Gasteiger partial charge in [0.05, 0.1) is 12.5 Å². The number of hydrogen-bond acceptors (Lipinski definition) is 3. The highest BCUT2D eigenvalue weighted by Gasteiger charge is 2.10. The molecular weight excluding hydrogens is 126 g/mol. The minimum absolute atomic E-state index is 0.917. The SMILES string of the molecule is CCN1CN(C)CC=C1N. The molecule has 0 saturated carbocycles. The van der Waals surface area contributed by atoms with E-state index >= 15 is 0 Å². The Morgan fingerprint density at radius 1 is 1.70 bits per heavy atom. The van der Waals surface area contributed by atoms with E-state index < -0.39 is 0 Å². The zero-order valence-corrected chi connectivity index (χ0v) is 6.67. The maximum absolute atomic E-state index is 5.71. The van der Waals surface area contributed by atoms with Gasteiger partial charge in [-0.3, -0.25) is 4.90 Å². The van der Waals surface area contributed by atoms with Crippen molar-refractivity contribution in [1.29, 1.82) is 0 Å². The highest BCUT2D eigenvalue weighted by molar-refractivity contribution is 5.00. The first kappa shape index (κ1) is 7.41. The Morgan fingerprint density at radius 3 is 2.90 bits per heavy atom. The van der Waals surface area contributed by atoms with Gasteiger partial charge >= 0.3 is 0 Å². The first-order valence-electron chi connectivity index (χ1n) is 3.63. The summed E-state index contributed by atoms with van der Waals surface area (Å²) in [5, 5.41) is 0. The van der Waals surface area contributed by atoms with Gasteiger partial charge in [-0.05, 0) is 20.0 Å². The molecule has 0 radical (unpaired) electrons. The molecule has 1 rings (SSSR count). The molecule has 58 valence electrons. The lowest BCUT2D eigenvalue weighted by Gasteiger charge is -2.32. The predicted molar refractivity (Wildman–Crippen MR) is 42.1 cm³/mol. The standard InChI is InChI=1S/C7H15N3/c1-3-10-6-9(2)5-4-7(10)8/h4H,3,5-6,8H2,1-2H3. The summed E-state index contributed by atoms with van der Waals surface area (Å²) < 4.78 is 0. The van der Waals surface area contributed by atoms with Crippen LogP contribution in [0.4, 0.5) is 0 Å². The van der Waals surface area contributed by atoms with E-state index in [0.717, 1.165) is 25.6 Å². The van der Waals surface area contributed by atoms with Crippen LogP contribution in [0.25, 0.3) is 0 Å². The molecule has 0 fully saturated rings. The number of likely N-dealkylation sites (N-methyl/N-ethyl adjacent to an activating group) is 1. The topological polar surface area (TPSA) is 32.5 Å². The van der Waals surface area contributed by atoms with Gasteiger partial charge in [0.15, 0.2) is 0 Å². The molecule has 0 amide bonds. The highest BCUT2D eigenvalue weighted by atomic mass is 15.3. The van der Waals surface area contributed by atoms with Crippen LogP contribution in [0, 0.1) is 0 Å². The summed E-state index contributed by atoms with van der Waals surface area (Å²) in [6.07, 6.45) is 2.05. The molecule has 0 unspecified atom stereocenters. The van der Waals surface area contributed by atoms with Crippen LogP contribution in [-0.4, -0.2) is 36.6 Å². The zero-order valence-electron chi connectivity index (χ0n) is 6.67. The second-order valence-electron chi connectivity index (χ2n) is 2.67. The van der Waals surface area contributed by atoms with E-state index in [1.165, 1.54) is 0 Å². The summed E-state index contributed by atoms with van der Waals surface area (Å²) in [5.41, 5.74) is 5.71. The molecule has 0 atom stereocenters. The van der Waals surface area contributed by atoms with E-state index in [0.29, 0.717) is 0 Å². The molecule has 3 nitrogen and oxygen atoms in total. The van der Waals surface area contributed by atoms with E-state index in [-0.39, 0.29) is 0 Å². The minimum atomic E-state index is 0.917. The molecule has 0 saturated heterocycles.